The molecule has 6 nitrogen and oxygen atoms in total. The van der Waals surface area contributed by atoms with Crippen molar-refractivity contribution in [2.75, 3.05) is 19.5 Å². The summed E-state index contributed by atoms with van der Waals surface area (Å²) in [5.74, 6) is -0.726. The molecule has 0 radical (unpaired) electrons. The molecule has 0 aromatic heterocycles. The maximum absolute atomic E-state index is 14.4. The molecule has 0 aliphatic carbocycles. The van der Waals surface area contributed by atoms with Gasteiger partial charge in [-0.3, -0.25) is 4.79 Å². The summed E-state index contributed by atoms with van der Waals surface area (Å²) in [5, 5.41) is 13.4. The zero-order chi connectivity index (χ0) is 26.0. The summed E-state index contributed by atoms with van der Waals surface area (Å²) in [4.78, 5) is 12.9. The minimum absolute atomic E-state index is 0.00370. The molecular formula is C23H18Cl3F3N2O4. The third-order valence-corrected chi connectivity index (χ3v) is 6.11. The number of nitrogens with one attached hydrogen (secondary N) is 1. The van der Waals surface area contributed by atoms with E-state index >= 15 is 0 Å². The molecule has 3 aromatic rings. The lowest BCUT2D eigenvalue weighted by atomic mass is 9.85. The second-order valence-corrected chi connectivity index (χ2v) is 8.46. The summed E-state index contributed by atoms with van der Waals surface area (Å²) < 4.78 is 53.5. The van der Waals surface area contributed by atoms with Crippen molar-refractivity contribution in [1.29, 1.82) is 0 Å². The Labute approximate surface area is 213 Å². The van der Waals surface area contributed by atoms with E-state index in [0.29, 0.717) is 5.48 Å². The summed E-state index contributed by atoms with van der Waals surface area (Å²) in [6, 6.07) is 11.3. The van der Waals surface area contributed by atoms with Crippen LogP contribution in [0.15, 0.2) is 54.6 Å². The second-order valence-electron chi connectivity index (χ2n) is 7.20. The number of benzene rings is 3. The minimum atomic E-state index is -4.92. The van der Waals surface area contributed by atoms with Gasteiger partial charge >= 0.3 is 6.18 Å². The predicted molar refractivity (Wildman–Crippen MR) is 128 cm³/mol. The lowest BCUT2D eigenvalue weighted by molar-refractivity contribution is -0.497. The summed E-state index contributed by atoms with van der Waals surface area (Å²) in [6.07, 6.45) is -4.92. The number of methoxy groups -OCH3 is 2. The van der Waals surface area contributed by atoms with E-state index < -0.39 is 23.2 Å². The first-order chi connectivity index (χ1) is 16.5. The summed E-state index contributed by atoms with van der Waals surface area (Å²) >= 11 is 18.4. The number of rotatable bonds is 7. The second kappa shape index (κ2) is 10.6. The highest BCUT2D eigenvalue weighted by molar-refractivity contribution is 6.40. The molecular weight excluding hydrogens is 532 g/mol. The largest absolute Gasteiger partial charge is 0.630 e. The van der Waals surface area contributed by atoms with Crippen LogP contribution < -0.4 is 15.5 Å². The van der Waals surface area contributed by atoms with Crippen LogP contribution in [0.25, 0.3) is 0 Å². The summed E-state index contributed by atoms with van der Waals surface area (Å²) in [5.41, 5.74) is -3.08. The molecule has 1 atom stereocenters. The van der Waals surface area contributed by atoms with Gasteiger partial charge in [0.2, 0.25) is 5.60 Å². The van der Waals surface area contributed by atoms with Gasteiger partial charge in [-0.15, -0.1) is 0 Å². The number of alkyl halides is 3. The van der Waals surface area contributed by atoms with Crippen molar-refractivity contribution >= 4 is 52.1 Å². The van der Waals surface area contributed by atoms with Crippen LogP contribution in [0.5, 0.6) is 5.75 Å². The molecule has 3 rings (SSSR count). The van der Waals surface area contributed by atoms with Crippen LogP contribution in [0.3, 0.4) is 0 Å². The number of amides is 1. The monoisotopic (exact) mass is 548 g/mol. The molecule has 12 heteroatoms. The van der Waals surface area contributed by atoms with Gasteiger partial charge in [-0.25, -0.2) is 0 Å². The molecule has 35 heavy (non-hydrogen) atoms. The third kappa shape index (κ3) is 5.06. The summed E-state index contributed by atoms with van der Waals surface area (Å²) in [7, 11) is 2.19. The number of hydrogen-bond acceptors (Lipinski definition) is 4. The van der Waals surface area contributed by atoms with Crippen LogP contribution in [0.4, 0.5) is 24.5 Å². The molecule has 0 heterocycles. The van der Waals surface area contributed by atoms with Crippen molar-refractivity contribution in [1.82, 2.24) is 0 Å². The van der Waals surface area contributed by atoms with Gasteiger partial charge in [-0.2, -0.15) is 13.2 Å². The van der Waals surface area contributed by atoms with E-state index in [9.17, 15) is 23.2 Å². The number of ether oxygens (including phenoxy) is 2. The van der Waals surface area contributed by atoms with Gasteiger partial charge in [-0.1, -0.05) is 53.0 Å². The van der Waals surface area contributed by atoms with E-state index in [1.807, 2.05) is 0 Å². The van der Waals surface area contributed by atoms with Crippen LogP contribution in [-0.4, -0.2) is 26.3 Å². The van der Waals surface area contributed by atoms with Crippen molar-refractivity contribution in [3.8, 4) is 5.75 Å². The van der Waals surface area contributed by atoms with Gasteiger partial charge in [0.1, 0.15) is 0 Å². The lowest BCUT2D eigenvalue weighted by Gasteiger charge is -2.35. The number of hydrogen-bond donors (Lipinski definition) is 2. The number of carbonyl (C=O) groups excluding carboxylic acids is 1. The fourth-order valence-corrected chi connectivity index (χ4v) is 4.37. The Kier molecular flexibility index (Phi) is 8.21. The molecule has 186 valence electrons. The van der Waals surface area contributed by atoms with E-state index in [1.165, 1.54) is 49.6 Å². The normalized spacial score (nSPS) is 13.3. The van der Waals surface area contributed by atoms with Crippen molar-refractivity contribution in [3.05, 3.63) is 91.6 Å². The van der Waals surface area contributed by atoms with Crippen molar-refractivity contribution < 1.29 is 32.9 Å². The van der Waals surface area contributed by atoms with E-state index in [4.69, 9.17) is 44.3 Å². The first kappa shape index (κ1) is 27.1. The quantitative estimate of drug-likeness (QED) is 0.277. The van der Waals surface area contributed by atoms with Gasteiger partial charge < -0.3 is 25.5 Å². The Morgan fingerprint density at radius 3 is 2.06 bits per heavy atom. The molecule has 0 aliphatic rings. The number of nitrogens with two attached hydrogens (primary N) is 1. The molecule has 0 saturated heterocycles. The topological polar surface area (TPSA) is 87.2 Å². The van der Waals surface area contributed by atoms with E-state index in [-0.39, 0.29) is 43.3 Å². The Bertz CT molecular complexity index is 1220. The molecule has 3 N–H and O–H groups in total. The maximum atomic E-state index is 14.4. The smallest absolute Gasteiger partial charge is 0.425 e. The van der Waals surface area contributed by atoms with Crippen molar-refractivity contribution in [2.24, 2.45) is 0 Å². The van der Waals surface area contributed by atoms with Gasteiger partial charge in [-0.05, 0) is 35.9 Å². The average molecular weight is 550 g/mol. The van der Waals surface area contributed by atoms with Gasteiger partial charge in [0.15, 0.2) is 11.4 Å². The number of carbonyl (C=O) groups is 1. The van der Waals surface area contributed by atoms with Gasteiger partial charge in [0.25, 0.3) is 5.91 Å². The Morgan fingerprint density at radius 2 is 1.57 bits per heavy atom. The Morgan fingerprint density at radius 1 is 0.971 bits per heavy atom. The zero-order valence-corrected chi connectivity index (χ0v) is 20.4. The minimum Gasteiger partial charge on any atom is -0.630 e. The molecule has 0 spiro atoms. The lowest BCUT2D eigenvalue weighted by Crippen LogP contribution is -2.70. The molecule has 0 bridgehead atoms. The first-order valence-electron chi connectivity index (χ1n) is 9.81. The first-order valence-corrected chi connectivity index (χ1v) is 10.9. The fraction of sp³-hybridized carbons (Fsp3) is 0.174. The maximum Gasteiger partial charge on any atom is 0.425 e. The van der Waals surface area contributed by atoms with Crippen molar-refractivity contribution in [3.63, 3.8) is 0 Å². The van der Waals surface area contributed by atoms with Crippen LogP contribution in [0.1, 0.15) is 21.5 Å². The number of para-hydroxylation sites is 1. The number of anilines is 1. The Hall–Kier alpha value is -2.53. The fourth-order valence-electron chi connectivity index (χ4n) is 3.66. The highest BCUT2D eigenvalue weighted by Gasteiger charge is 2.58. The standard InChI is InChI=1S/C23H18Cl3F3N2O4/c1-34-20-15(4-3-5-18(20)31-33)21(32)30-19-16(25)10-13(11-17(19)26)22(35-2,23(27,28)29)12-6-8-14(24)9-7-12/h3-11H,31H2,1-2H3,(H,30,32). The van der Waals surface area contributed by atoms with E-state index in [1.54, 1.807) is 0 Å². The van der Waals surface area contributed by atoms with E-state index in [2.05, 4.69) is 5.32 Å². The zero-order valence-electron chi connectivity index (χ0n) is 18.2. The van der Waals surface area contributed by atoms with Crippen molar-refractivity contribution in [2.45, 2.75) is 11.8 Å². The van der Waals surface area contributed by atoms with Crippen LogP contribution in [-0.2, 0) is 10.3 Å². The van der Waals surface area contributed by atoms with Crippen LogP contribution in [0.2, 0.25) is 15.1 Å². The van der Waals surface area contributed by atoms with Crippen LogP contribution >= 0.6 is 34.8 Å². The molecule has 1 amide bonds. The molecule has 0 saturated carbocycles. The third-order valence-electron chi connectivity index (χ3n) is 5.26. The number of halogens is 6. The molecule has 0 aliphatic heterocycles. The SMILES string of the molecule is COc1c([NH2+][O-])cccc1C(=O)Nc1c(Cl)cc(C(OC)(c2ccc(Cl)cc2)C(F)(F)F)cc1Cl. The number of quaternary nitrogens is 1. The van der Waals surface area contributed by atoms with Crippen LogP contribution in [0, 0.1) is 5.21 Å². The average Bonchev–Trinajstić information content (AvgIpc) is 2.81. The van der Waals surface area contributed by atoms with E-state index in [0.717, 1.165) is 19.2 Å². The molecule has 3 aromatic carbocycles. The highest BCUT2D eigenvalue weighted by atomic mass is 35.5. The molecule has 0 fully saturated rings. The molecule has 1 unspecified atom stereocenters. The summed E-state index contributed by atoms with van der Waals surface area (Å²) in [6.45, 7) is 0. The highest BCUT2D eigenvalue weighted by Crippen LogP contribution is 2.49. The van der Waals surface area contributed by atoms with Gasteiger partial charge in [0.05, 0.1) is 28.4 Å². The Balaban J connectivity index is 2.09. The predicted octanol–water partition coefficient (Wildman–Crippen LogP) is 6.05. The van der Waals surface area contributed by atoms with Gasteiger partial charge in [0, 0.05) is 23.8 Å².